The summed E-state index contributed by atoms with van der Waals surface area (Å²) in [5.41, 5.74) is 9.12. The Hall–Kier alpha value is -1.13. The van der Waals surface area contributed by atoms with Crippen LogP contribution in [-0.4, -0.2) is 22.6 Å². The smallest absolute Gasteiger partial charge is 0.256 e. The van der Waals surface area contributed by atoms with E-state index in [1.54, 1.807) is 0 Å². The van der Waals surface area contributed by atoms with E-state index in [9.17, 15) is 4.79 Å². The molecule has 1 saturated carbocycles. The second-order valence-electron chi connectivity index (χ2n) is 6.78. The monoisotopic (exact) mass is 275 g/mol. The first kappa shape index (κ1) is 13.8. The first-order chi connectivity index (χ1) is 9.41. The van der Waals surface area contributed by atoms with Crippen LogP contribution in [0, 0.1) is 0 Å². The molecule has 110 valence electrons. The van der Waals surface area contributed by atoms with Crippen LogP contribution in [0.15, 0.2) is 10.9 Å². The van der Waals surface area contributed by atoms with Crippen LogP contribution in [0.1, 0.15) is 56.5 Å². The molecule has 0 unspecified atom stereocenters. The maximum Gasteiger partial charge on any atom is 0.256 e. The van der Waals surface area contributed by atoms with Crippen molar-refractivity contribution in [2.24, 2.45) is 5.73 Å². The predicted molar refractivity (Wildman–Crippen MR) is 80.8 cm³/mol. The van der Waals surface area contributed by atoms with Crippen LogP contribution in [0.5, 0.6) is 0 Å². The van der Waals surface area contributed by atoms with E-state index in [2.05, 4.69) is 22.5 Å². The Morgan fingerprint density at radius 1 is 1.40 bits per heavy atom. The lowest BCUT2D eigenvalue weighted by Crippen LogP contribution is -2.42. The third-order valence-electron chi connectivity index (χ3n) is 4.54. The third kappa shape index (κ3) is 2.31. The van der Waals surface area contributed by atoms with Gasteiger partial charge in [-0.05, 0) is 44.9 Å². The van der Waals surface area contributed by atoms with Gasteiger partial charge < -0.3 is 10.3 Å². The average molecular weight is 275 g/mol. The van der Waals surface area contributed by atoms with Crippen LogP contribution in [0.3, 0.4) is 0 Å². The molecule has 2 heterocycles. The zero-order valence-electron chi connectivity index (χ0n) is 12.8. The first-order valence-electron chi connectivity index (χ1n) is 7.70. The summed E-state index contributed by atoms with van der Waals surface area (Å²) >= 11 is 0. The molecule has 20 heavy (non-hydrogen) atoms. The Morgan fingerprint density at radius 3 is 2.65 bits per heavy atom. The van der Waals surface area contributed by atoms with Crippen molar-refractivity contribution in [1.82, 2.24) is 9.47 Å². The Kier molecular flexibility index (Phi) is 3.26. The van der Waals surface area contributed by atoms with E-state index in [0.29, 0.717) is 6.04 Å². The number of nitrogens with zero attached hydrogens (tertiary/aromatic N) is 2. The number of likely N-dealkylation sites (N-methyl/N-ethyl adjacent to an activating group) is 1. The largest absolute Gasteiger partial charge is 0.322 e. The first-order valence-corrected chi connectivity index (χ1v) is 7.70. The molecule has 0 spiro atoms. The topological polar surface area (TPSA) is 51.3 Å². The van der Waals surface area contributed by atoms with Gasteiger partial charge in [0.2, 0.25) is 0 Å². The second kappa shape index (κ2) is 4.71. The summed E-state index contributed by atoms with van der Waals surface area (Å²) in [6, 6.07) is 2.49. The summed E-state index contributed by atoms with van der Waals surface area (Å²) in [6.45, 7) is 9.10. The maximum atomic E-state index is 12.8. The zero-order valence-corrected chi connectivity index (χ0v) is 12.8. The molecule has 1 aromatic heterocycles. The van der Waals surface area contributed by atoms with Crippen LogP contribution >= 0.6 is 0 Å². The lowest BCUT2D eigenvalue weighted by Gasteiger charge is -2.31. The van der Waals surface area contributed by atoms with Crippen LogP contribution in [0.4, 0.5) is 0 Å². The fraction of sp³-hybridized carbons (Fsp3) is 0.688. The van der Waals surface area contributed by atoms with Gasteiger partial charge in [0.25, 0.3) is 5.56 Å². The van der Waals surface area contributed by atoms with E-state index in [1.807, 2.05) is 13.8 Å². The maximum absolute atomic E-state index is 12.8. The number of rotatable bonds is 3. The van der Waals surface area contributed by atoms with Gasteiger partial charge in [-0.2, -0.15) is 0 Å². The van der Waals surface area contributed by atoms with Gasteiger partial charge in [0.1, 0.15) is 0 Å². The lowest BCUT2D eigenvalue weighted by atomic mass is 9.92. The molecule has 1 aliphatic heterocycles. The molecule has 3 rings (SSSR count). The number of fused-ring (bicyclic) bond motifs is 1. The second-order valence-corrected chi connectivity index (χ2v) is 6.78. The molecule has 0 saturated heterocycles. The summed E-state index contributed by atoms with van der Waals surface area (Å²) in [4.78, 5) is 15.2. The van der Waals surface area contributed by atoms with Crippen molar-refractivity contribution >= 4 is 0 Å². The van der Waals surface area contributed by atoms with Crippen LogP contribution in [0.25, 0.3) is 0 Å². The summed E-state index contributed by atoms with van der Waals surface area (Å²) in [5, 5.41) is 0. The van der Waals surface area contributed by atoms with Crippen molar-refractivity contribution in [2.45, 2.75) is 58.2 Å². The molecule has 4 heteroatoms. The minimum atomic E-state index is -0.572. The van der Waals surface area contributed by atoms with Gasteiger partial charge in [0, 0.05) is 42.3 Å². The molecule has 1 fully saturated rings. The normalized spacial score (nSPS) is 20.0. The van der Waals surface area contributed by atoms with Gasteiger partial charge in [-0.25, -0.2) is 0 Å². The number of nitrogens with two attached hydrogens (primary N) is 1. The van der Waals surface area contributed by atoms with Crippen molar-refractivity contribution < 1.29 is 0 Å². The highest BCUT2D eigenvalue weighted by Crippen LogP contribution is 2.37. The van der Waals surface area contributed by atoms with Crippen molar-refractivity contribution in [3.05, 3.63) is 33.2 Å². The molecule has 1 aromatic rings. The van der Waals surface area contributed by atoms with Gasteiger partial charge in [-0.3, -0.25) is 9.69 Å². The van der Waals surface area contributed by atoms with Crippen LogP contribution in [0.2, 0.25) is 0 Å². The van der Waals surface area contributed by atoms with Gasteiger partial charge >= 0.3 is 0 Å². The number of aromatic nitrogens is 1. The lowest BCUT2D eigenvalue weighted by molar-refractivity contribution is 0.261. The molecule has 4 nitrogen and oxygen atoms in total. The molecule has 2 N–H and O–H groups in total. The van der Waals surface area contributed by atoms with Crippen molar-refractivity contribution in [3.63, 3.8) is 0 Å². The van der Waals surface area contributed by atoms with E-state index in [-0.39, 0.29) is 5.56 Å². The zero-order chi connectivity index (χ0) is 14.5. The van der Waals surface area contributed by atoms with E-state index < -0.39 is 5.54 Å². The van der Waals surface area contributed by atoms with Gasteiger partial charge in [-0.1, -0.05) is 6.92 Å². The minimum absolute atomic E-state index is 0.142. The van der Waals surface area contributed by atoms with E-state index in [1.165, 1.54) is 11.3 Å². The fourth-order valence-corrected chi connectivity index (χ4v) is 3.18. The van der Waals surface area contributed by atoms with Crippen molar-refractivity contribution in [2.75, 3.05) is 13.1 Å². The Bertz CT molecular complexity index is 579. The summed E-state index contributed by atoms with van der Waals surface area (Å²) < 4.78 is 2.06. The van der Waals surface area contributed by atoms with Gasteiger partial charge in [0.15, 0.2) is 0 Å². The highest BCUT2D eigenvalue weighted by atomic mass is 16.1. The van der Waals surface area contributed by atoms with Crippen molar-refractivity contribution in [3.8, 4) is 0 Å². The van der Waals surface area contributed by atoms with Crippen LogP contribution < -0.4 is 11.3 Å². The Labute approximate surface area is 120 Å². The molecule has 1 aliphatic carbocycles. The molecule has 2 aliphatic rings. The molecular formula is C16H25N3O. The van der Waals surface area contributed by atoms with Crippen LogP contribution in [-0.2, 0) is 18.5 Å². The molecule has 0 atom stereocenters. The van der Waals surface area contributed by atoms with E-state index in [0.717, 1.165) is 44.5 Å². The highest BCUT2D eigenvalue weighted by Gasteiger charge is 2.32. The Balaban J connectivity index is 2.16. The summed E-state index contributed by atoms with van der Waals surface area (Å²) in [6.07, 6.45) is 3.26. The highest BCUT2D eigenvalue weighted by molar-refractivity contribution is 5.33. The minimum Gasteiger partial charge on any atom is -0.322 e. The molecule has 0 amide bonds. The number of hydrogen-bond donors (Lipinski definition) is 1. The van der Waals surface area contributed by atoms with E-state index >= 15 is 0 Å². The molecule has 0 bridgehead atoms. The third-order valence-corrected chi connectivity index (χ3v) is 4.54. The van der Waals surface area contributed by atoms with E-state index in [4.69, 9.17) is 5.73 Å². The standard InChI is InChI=1S/C16H25N3O/c1-4-18-8-7-14-11(10-18)9-13(16(2,3)17)15(20)19(14)12-5-6-12/h9,12H,4-8,10,17H2,1-3H3. The van der Waals surface area contributed by atoms with Gasteiger partial charge in [0.05, 0.1) is 0 Å². The Morgan fingerprint density at radius 2 is 2.10 bits per heavy atom. The van der Waals surface area contributed by atoms with Gasteiger partial charge in [-0.15, -0.1) is 0 Å². The predicted octanol–water partition coefficient (Wildman–Crippen LogP) is 1.75. The fourth-order valence-electron chi connectivity index (χ4n) is 3.18. The molecule has 0 radical (unpaired) electrons. The molecular weight excluding hydrogens is 250 g/mol. The number of hydrogen-bond acceptors (Lipinski definition) is 3. The van der Waals surface area contributed by atoms with Crippen molar-refractivity contribution in [1.29, 1.82) is 0 Å². The average Bonchev–Trinajstić information content (AvgIpc) is 3.20. The summed E-state index contributed by atoms with van der Waals surface area (Å²) in [5.74, 6) is 0. The summed E-state index contributed by atoms with van der Waals surface area (Å²) in [7, 11) is 0. The molecule has 0 aromatic carbocycles. The SMILES string of the molecule is CCN1CCc2c(cc(C(C)(C)N)c(=O)n2C2CC2)C1. The number of pyridine rings is 1. The quantitative estimate of drug-likeness (QED) is 0.914.